The van der Waals surface area contributed by atoms with Gasteiger partial charge >= 0.3 is 0 Å². The predicted molar refractivity (Wildman–Crippen MR) is 78.5 cm³/mol. The number of nitrogens with zero attached hydrogens (tertiary/aromatic N) is 1. The summed E-state index contributed by atoms with van der Waals surface area (Å²) in [6.07, 6.45) is 2.32. The fraction of sp³-hybridized carbons (Fsp3) is 0.571. The normalized spacial score (nSPS) is 25.3. The SMILES string of the molecule is COC1(C)CCCN(Cc2cccc(N)c2Br)C1. The molecule has 1 aromatic rings. The van der Waals surface area contributed by atoms with Crippen LogP contribution in [0.5, 0.6) is 0 Å². The van der Waals surface area contributed by atoms with Crippen molar-refractivity contribution in [3.05, 3.63) is 28.2 Å². The summed E-state index contributed by atoms with van der Waals surface area (Å²) in [5.74, 6) is 0. The average Bonchev–Trinajstić information content (AvgIpc) is 2.35. The molecule has 0 radical (unpaired) electrons. The van der Waals surface area contributed by atoms with Crippen molar-refractivity contribution in [2.45, 2.75) is 31.9 Å². The number of methoxy groups -OCH3 is 1. The number of ether oxygens (including phenoxy) is 1. The fourth-order valence-corrected chi connectivity index (χ4v) is 2.96. The number of likely N-dealkylation sites (tertiary alicyclic amines) is 1. The zero-order valence-electron chi connectivity index (χ0n) is 11.1. The van der Waals surface area contributed by atoms with Gasteiger partial charge in [-0.3, -0.25) is 4.90 Å². The molecular formula is C14H21BrN2O. The molecule has 1 saturated heterocycles. The molecule has 1 heterocycles. The lowest BCUT2D eigenvalue weighted by Crippen LogP contribution is -2.46. The Balaban J connectivity index is 2.07. The minimum atomic E-state index is -0.00888. The van der Waals surface area contributed by atoms with Gasteiger partial charge in [0.05, 0.1) is 5.60 Å². The summed E-state index contributed by atoms with van der Waals surface area (Å²) in [5.41, 5.74) is 7.96. The Morgan fingerprint density at radius 3 is 3.00 bits per heavy atom. The maximum atomic E-state index is 5.92. The van der Waals surface area contributed by atoms with E-state index in [1.54, 1.807) is 7.11 Å². The number of anilines is 1. The zero-order valence-corrected chi connectivity index (χ0v) is 12.7. The Labute approximate surface area is 117 Å². The lowest BCUT2D eigenvalue weighted by molar-refractivity contribution is -0.0527. The number of benzene rings is 1. The molecule has 0 bridgehead atoms. The fourth-order valence-electron chi connectivity index (χ4n) is 2.57. The molecule has 0 aliphatic carbocycles. The van der Waals surface area contributed by atoms with Gasteiger partial charge in [-0.15, -0.1) is 0 Å². The number of hydrogen-bond donors (Lipinski definition) is 1. The van der Waals surface area contributed by atoms with Crippen molar-refractivity contribution in [2.24, 2.45) is 0 Å². The van der Waals surface area contributed by atoms with Crippen molar-refractivity contribution in [1.82, 2.24) is 4.90 Å². The van der Waals surface area contributed by atoms with Crippen molar-refractivity contribution in [2.75, 3.05) is 25.9 Å². The van der Waals surface area contributed by atoms with Crippen molar-refractivity contribution >= 4 is 21.6 Å². The maximum Gasteiger partial charge on any atom is 0.0777 e. The van der Waals surface area contributed by atoms with E-state index < -0.39 is 0 Å². The van der Waals surface area contributed by atoms with Gasteiger partial charge in [-0.25, -0.2) is 0 Å². The number of piperidine rings is 1. The van der Waals surface area contributed by atoms with Crippen molar-refractivity contribution < 1.29 is 4.74 Å². The molecule has 2 rings (SSSR count). The Bertz CT molecular complexity index is 424. The maximum absolute atomic E-state index is 5.92. The summed E-state index contributed by atoms with van der Waals surface area (Å²) in [6.45, 7) is 5.21. The van der Waals surface area contributed by atoms with E-state index in [-0.39, 0.29) is 5.60 Å². The molecule has 1 fully saturated rings. The number of nitrogens with two attached hydrogens (primary N) is 1. The second-order valence-electron chi connectivity index (χ2n) is 5.29. The Kier molecular flexibility index (Phi) is 4.30. The van der Waals surface area contributed by atoms with Crippen LogP contribution in [0.25, 0.3) is 0 Å². The van der Waals surface area contributed by atoms with Crippen LogP contribution in [0.1, 0.15) is 25.3 Å². The monoisotopic (exact) mass is 312 g/mol. The first-order chi connectivity index (χ1) is 8.54. The quantitative estimate of drug-likeness (QED) is 0.872. The highest BCUT2D eigenvalue weighted by Gasteiger charge is 2.30. The molecule has 1 aliphatic rings. The van der Waals surface area contributed by atoms with Crippen molar-refractivity contribution in [1.29, 1.82) is 0 Å². The summed E-state index contributed by atoms with van der Waals surface area (Å²) >= 11 is 3.57. The minimum absolute atomic E-state index is 0.00888. The molecule has 0 amide bonds. The van der Waals surface area contributed by atoms with Crippen LogP contribution in [0, 0.1) is 0 Å². The van der Waals surface area contributed by atoms with Gasteiger partial charge in [-0.05, 0) is 53.9 Å². The predicted octanol–water partition coefficient (Wildman–Crippen LogP) is 3.03. The largest absolute Gasteiger partial charge is 0.398 e. The van der Waals surface area contributed by atoms with Crippen LogP contribution >= 0.6 is 15.9 Å². The van der Waals surface area contributed by atoms with E-state index in [1.807, 2.05) is 12.1 Å². The molecule has 1 aromatic carbocycles. The molecule has 1 aliphatic heterocycles. The van der Waals surface area contributed by atoms with Gasteiger partial charge in [-0.1, -0.05) is 12.1 Å². The molecule has 0 spiro atoms. The van der Waals surface area contributed by atoms with Crippen LogP contribution in [0.4, 0.5) is 5.69 Å². The third kappa shape index (κ3) is 3.05. The van der Waals surface area contributed by atoms with E-state index in [4.69, 9.17) is 10.5 Å². The second-order valence-corrected chi connectivity index (χ2v) is 6.08. The molecule has 4 heteroatoms. The molecule has 18 heavy (non-hydrogen) atoms. The minimum Gasteiger partial charge on any atom is -0.398 e. The standard InChI is InChI=1S/C14H21BrN2O/c1-14(18-2)7-4-8-17(10-14)9-11-5-3-6-12(16)13(11)15/h3,5-6H,4,7-10,16H2,1-2H3. The Hall–Kier alpha value is -0.580. The zero-order chi connectivity index (χ0) is 13.2. The average molecular weight is 313 g/mol. The van der Waals surface area contributed by atoms with Gasteiger partial charge in [0.1, 0.15) is 0 Å². The molecular weight excluding hydrogens is 292 g/mol. The van der Waals surface area contributed by atoms with Crippen LogP contribution in [0.2, 0.25) is 0 Å². The lowest BCUT2D eigenvalue weighted by atomic mass is 9.94. The second kappa shape index (κ2) is 5.59. The molecule has 1 atom stereocenters. The summed E-state index contributed by atoms with van der Waals surface area (Å²) in [7, 11) is 1.81. The molecule has 1 unspecified atom stereocenters. The van der Waals surface area contributed by atoms with Crippen LogP contribution < -0.4 is 5.73 Å². The van der Waals surface area contributed by atoms with Gasteiger partial charge in [0, 0.05) is 30.4 Å². The van der Waals surface area contributed by atoms with Crippen LogP contribution in [0.15, 0.2) is 22.7 Å². The van der Waals surface area contributed by atoms with Crippen LogP contribution in [-0.2, 0) is 11.3 Å². The van der Waals surface area contributed by atoms with E-state index in [1.165, 1.54) is 12.0 Å². The summed E-state index contributed by atoms with van der Waals surface area (Å²) in [5, 5.41) is 0. The first-order valence-corrected chi connectivity index (χ1v) is 7.14. The topological polar surface area (TPSA) is 38.5 Å². The van der Waals surface area contributed by atoms with E-state index in [2.05, 4.69) is 33.8 Å². The number of hydrogen-bond acceptors (Lipinski definition) is 3. The highest BCUT2D eigenvalue weighted by Crippen LogP contribution is 2.28. The number of halogens is 1. The molecule has 0 saturated carbocycles. The van der Waals surface area contributed by atoms with Gasteiger partial charge in [0.15, 0.2) is 0 Å². The lowest BCUT2D eigenvalue weighted by Gasteiger charge is -2.39. The Morgan fingerprint density at radius 2 is 2.28 bits per heavy atom. The Morgan fingerprint density at radius 1 is 1.50 bits per heavy atom. The summed E-state index contributed by atoms with van der Waals surface area (Å²) in [4.78, 5) is 2.44. The summed E-state index contributed by atoms with van der Waals surface area (Å²) < 4.78 is 6.65. The third-order valence-electron chi connectivity index (χ3n) is 3.73. The van der Waals surface area contributed by atoms with Crippen LogP contribution in [-0.4, -0.2) is 30.7 Å². The number of nitrogen functional groups attached to an aromatic ring is 1. The molecule has 3 nitrogen and oxygen atoms in total. The van der Waals surface area contributed by atoms with Gasteiger partial charge < -0.3 is 10.5 Å². The van der Waals surface area contributed by atoms with Gasteiger partial charge in [0.25, 0.3) is 0 Å². The van der Waals surface area contributed by atoms with Gasteiger partial charge in [0.2, 0.25) is 0 Å². The molecule has 100 valence electrons. The van der Waals surface area contributed by atoms with E-state index in [0.717, 1.165) is 36.2 Å². The highest BCUT2D eigenvalue weighted by atomic mass is 79.9. The van der Waals surface area contributed by atoms with E-state index in [9.17, 15) is 0 Å². The van der Waals surface area contributed by atoms with Crippen LogP contribution in [0.3, 0.4) is 0 Å². The van der Waals surface area contributed by atoms with E-state index >= 15 is 0 Å². The molecule has 0 aromatic heterocycles. The first-order valence-electron chi connectivity index (χ1n) is 6.34. The smallest absolute Gasteiger partial charge is 0.0777 e. The summed E-state index contributed by atoms with van der Waals surface area (Å²) in [6, 6.07) is 6.05. The highest BCUT2D eigenvalue weighted by molar-refractivity contribution is 9.10. The van der Waals surface area contributed by atoms with Crippen molar-refractivity contribution in [3.8, 4) is 0 Å². The van der Waals surface area contributed by atoms with E-state index in [0.29, 0.717) is 0 Å². The van der Waals surface area contributed by atoms with Gasteiger partial charge in [-0.2, -0.15) is 0 Å². The van der Waals surface area contributed by atoms with Crippen molar-refractivity contribution in [3.63, 3.8) is 0 Å². The first kappa shape index (κ1) is 13.8. The molecule has 2 N–H and O–H groups in total. The third-order valence-corrected chi connectivity index (χ3v) is 4.70. The number of rotatable bonds is 3.